The minimum atomic E-state index is -2.92. The number of halogens is 1. The van der Waals surface area contributed by atoms with E-state index in [9.17, 15) is 13.2 Å². The van der Waals surface area contributed by atoms with Crippen molar-refractivity contribution in [2.45, 2.75) is 25.0 Å². The summed E-state index contributed by atoms with van der Waals surface area (Å²) in [5.41, 5.74) is 1.47. The molecule has 3 rings (SSSR count). The van der Waals surface area contributed by atoms with Gasteiger partial charge in [0.1, 0.15) is 0 Å². The van der Waals surface area contributed by atoms with E-state index in [0.717, 1.165) is 17.3 Å². The monoisotopic (exact) mass is 415 g/mol. The molecule has 1 atom stereocenters. The molecule has 0 saturated carbocycles. The van der Waals surface area contributed by atoms with Crippen LogP contribution in [0.25, 0.3) is 0 Å². The van der Waals surface area contributed by atoms with Gasteiger partial charge >= 0.3 is 0 Å². The van der Waals surface area contributed by atoms with Crippen LogP contribution in [-0.2, 0) is 21.1 Å². The number of hydrogen-bond donors (Lipinski definition) is 1. The van der Waals surface area contributed by atoms with Crippen LogP contribution in [0.15, 0.2) is 27.8 Å². The van der Waals surface area contributed by atoms with Crippen molar-refractivity contribution in [3.63, 3.8) is 0 Å². The summed E-state index contributed by atoms with van der Waals surface area (Å²) in [6.45, 7) is 1.83. The van der Waals surface area contributed by atoms with Crippen molar-refractivity contribution < 1.29 is 17.6 Å². The Morgan fingerprint density at radius 2 is 2.23 bits per heavy atom. The third kappa shape index (κ3) is 4.99. The molecule has 0 unspecified atom stereocenters. The van der Waals surface area contributed by atoms with Crippen LogP contribution in [0, 0.1) is 12.8 Å². The molecule has 1 aliphatic heterocycles. The lowest BCUT2D eigenvalue weighted by Gasteiger charge is -2.08. The molecule has 0 bridgehead atoms. The van der Waals surface area contributed by atoms with Crippen LogP contribution in [0.3, 0.4) is 0 Å². The van der Waals surface area contributed by atoms with Crippen molar-refractivity contribution in [3.8, 4) is 0 Å². The van der Waals surface area contributed by atoms with E-state index in [1.54, 1.807) is 18.2 Å². The Morgan fingerprint density at radius 1 is 1.42 bits per heavy atom. The molecule has 1 saturated heterocycles. The zero-order valence-electron chi connectivity index (χ0n) is 14.1. The maximum Gasteiger partial charge on any atom is 0.277 e. The van der Waals surface area contributed by atoms with Crippen LogP contribution >= 0.6 is 23.4 Å². The van der Waals surface area contributed by atoms with E-state index in [-0.39, 0.29) is 29.1 Å². The number of aromatic nitrogens is 2. The lowest BCUT2D eigenvalue weighted by molar-refractivity contribution is -0.113. The maximum atomic E-state index is 12.1. The summed E-state index contributed by atoms with van der Waals surface area (Å²) in [4.78, 5) is 12.1. The molecule has 7 nitrogen and oxygen atoms in total. The number of carbonyl (C=O) groups excluding carboxylic acids is 1. The first kappa shape index (κ1) is 19.2. The highest BCUT2D eigenvalue weighted by molar-refractivity contribution is 7.99. The summed E-state index contributed by atoms with van der Waals surface area (Å²) < 4.78 is 28.5. The number of rotatable bonds is 6. The third-order valence-corrected chi connectivity index (χ3v) is 7.17. The number of amides is 1. The number of benzene rings is 1. The first-order valence-corrected chi connectivity index (χ1v) is 11.2. The van der Waals surface area contributed by atoms with Gasteiger partial charge in [-0.3, -0.25) is 4.79 Å². The second-order valence-electron chi connectivity index (χ2n) is 6.18. The van der Waals surface area contributed by atoms with Gasteiger partial charge in [-0.2, -0.15) is 0 Å². The number of hydrogen-bond acceptors (Lipinski definition) is 7. The molecule has 1 N–H and O–H groups in total. The minimum absolute atomic E-state index is 0.0207. The van der Waals surface area contributed by atoms with Gasteiger partial charge in [0, 0.05) is 17.1 Å². The van der Waals surface area contributed by atoms with Gasteiger partial charge in [0.05, 0.1) is 17.3 Å². The highest BCUT2D eigenvalue weighted by Crippen LogP contribution is 2.25. The lowest BCUT2D eigenvalue weighted by Crippen LogP contribution is -2.14. The van der Waals surface area contributed by atoms with Crippen molar-refractivity contribution in [2.24, 2.45) is 5.92 Å². The predicted molar refractivity (Wildman–Crippen MR) is 100 cm³/mol. The van der Waals surface area contributed by atoms with Crippen LogP contribution < -0.4 is 5.32 Å². The second-order valence-corrected chi connectivity index (χ2v) is 9.75. The summed E-state index contributed by atoms with van der Waals surface area (Å²) in [5, 5.41) is 11.5. The molecule has 10 heteroatoms. The van der Waals surface area contributed by atoms with E-state index in [2.05, 4.69) is 15.5 Å². The molecule has 140 valence electrons. The summed E-state index contributed by atoms with van der Waals surface area (Å²) in [6.07, 6.45) is 1.06. The Balaban J connectivity index is 1.50. The molecule has 1 fully saturated rings. The third-order valence-electron chi connectivity index (χ3n) is 4.11. The molecular weight excluding hydrogens is 398 g/mol. The Morgan fingerprint density at radius 3 is 2.96 bits per heavy atom. The van der Waals surface area contributed by atoms with Gasteiger partial charge in [-0.25, -0.2) is 8.42 Å². The van der Waals surface area contributed by atoms with Gasteiger partial charge in [0.15, 0.2) is 9.84 Å². The Bertz CT molecular complexity index is 914. The van der Waals surface area contributed by atoms with Gasteiger partial charge in [0.25, 0.3) is 5.22 Å². The van der Waals surface area contributed by atoms with Gasteiger partial charge in [0.2, 0.25) is 11.8 Å². The van der Waals surface area contributed by atoms with Crippen LogP contribution in [-0.4, -0.2) is 41.8 Å². The average molecular weight is 416 g/mol. The van der Waals surface area contributed by atoms with E-state index in [1.165, 1.54) is 0 Å². The summed E-state index contributed by atoms with van der Waals surface area (Å²) in [7, 11) is -2.92. The van der Waals surface area contributed by atoms with Crippen LogP contribution in [0.4, 0.5) is 5.69 Å². The molecule has 0 aliphatic carbocycles. The standard InChI is InChI=1S/C16H18ClN3O4S2/c1-10-12(17)3-2-4-13(10)18-14(21)8-25-16-20-19-15(24-16)7-11-5-6-26(22,23)9-11/h2-4,11H,5-9H2,1H3,(H,18,21)/t11-/m0/s1. The SMILES string of the molecule is Cc1c(Cl)cccc1NC(=O)CSc1nnc(C[C@@H]2CCS(=O)(=O)C2)o1. The Hall–Kier alpha value is -1.58. The molecule has 1 aliphatic rings. The number of anilines is 1. The molecule has 1 aromatic heterocycles. The van der Waals surface area contributed by atoms with Crippen LogP contribution in [0.2, 0.25) is 5.02 Å². The highest BCUT2D eigenvalue weighted by atomic mass is 35.5. The van der Waals surface area contributed by atoms with Crippen molar-refractivity contribution in [1.82, 2.24) is 10.2 Å². The van der Waals surface area contributed by atoms with Crippen LogP contribution in [0.1, 0.15) is 17.9 Å². The quantitative estimate of drug-likeness (QED) is 0.723. The fourth-order valence-electron chi connectivity index (χ4n) is 2.72. The molecule has 0 radical (unpaired) electrons. The van der Waals surface area contributed by atoms with Crippen molar-refractivity contribution in [3.05, 3.63) is 34.7 Å². The molecule has 2 aromatic rings. The normalized spacial score (nSPS) is 18.8. The van der Waals surface area contributed by atoms with Gasteiger partial charge in [-0.05, 0) is 37.0 Å². The van der Waals surface area contributed by atoms with E-state index < -0.39 is 9.84 Å². The number of sulfone groups is 1. The highest BCUT2D eigenvalue weighted by Gasteiger charge is 2.29. The topological polar surface area (TPSA) is 102 Å². The number of nitrogens with one attached hydrogen (secondary N) is 1. The first-order valence-electron chi connectivity index (χ1n) is 8.03. The lowest BCUT2D eigenvalue weighted by atomic mass is 10.1. The molecular formula is C16H18ClN3O4S2. The molecule has 0 spiro atoms. The molecule has 1 amide bonds. The van der Waals surface area contributed by atoms with Crippen LogP contribution in [0.5, 0.6) is 0 Å². The number of thioether (sulfide) groups is 1. The summed E-state index contributed by atoms with van der Waals surface area (Å²) in [6, 6.07) is 5.31. The number of nitrogens with zero attached hydrogens (tertiary/aromatic N) is 2. The van der Waals surface area contributed by atoms with Crippen molar-refractivity contribution in [2.75, 3.05) is 22.6 Å². The van der Waals surface area contributed by atoms with E-state index >= 15 is 0 Å². The number of carbonyl (C=O) groups is 1. The summed E-state index contributed by atoms with van der Waals surface area (Å²) in [5.74, 6) is 0.719. The fraction of sp³-hybridized carbons (Fsp3) is 0.438. The minimum Gasteiger partial charge on any atom is -0.416 e. The largest absolute Gasteiger partial charge is 0.416 e. The Kier molecular flexibility index (Phi) is 5.89. The van der Waals surface area contributed by atoms with E-state index in [1.807, 2.05) is 6.92 Å². The fourth-order valence-corrected chi connectivity index (χ4v) is 5.33. The molecule has 1 aromatic carbocycles. The van der Waals surface area contributed by atoms with Crippen molar-refractivity contribution in [1.29, 1.82) is 0 Å². The van der Waals surface area contributed by atoms with Gasteiger partial charge in [-0.1, -0.05) is 29.4 Å². The van der Waals surface area contributed by atoms with E-state index in [0.29, 0.717) is 34.7 Å². The smallest absolute Gasteiger partial charge is 0.277 e. The average Bonchev–Trinajstić information content (AvgIpc) is 3.16. The first-order chi connectivity index (χ1) is 12.3. The Labute approximate surface area is 160 Å². The van der Waals surface area contributed by atoms with Gasteiger partial charge in [-0.15, -0.1) is 10.2 Å². The van der Waals surface area contributed by atoms with Gasteiger partial charge < -0.3 is 9.73 Å². The van der Waals surface area contributed by atoms with Crippen molar-refractivity contribution >= 4 is 44.8 Å². The predicted octanol–water partition coefficient (Wildman–Crippen LogP) is 2.74. The zero-order chi connectivity index (χ0) is 18.7. The molecule has 26 heavy (non-hydrogen) atoms. The maximum absolute atomic E-state index is 12.1. The molecule has 2 heterocycles. The zero-order valence-corrected chi connectivity index (χ0v) is 16.5. The second kappa shape index (κ2) is 7.98. The summed E-state index contributed by atoms with van der Waals surface area (Å²) >= 11 is 7.17. The van der Waals surface area contributed by atoms with E-state index in [4.69, 9.17) is 16.0 Å².